The van der Waals surface area contributed by atoms with Crippen molar-refractivity contribution in [3.05, 3.63) is 18.2 Å². The Balaban J connectivity index is 2.44. The molecule has 4 nitrogen and oxygen atoms in total. The number of hydrogen-bond donors (Lipinski definition) is 1. The summed E-state index contributed by atoms with van der Waals surface area (Å²) in [7, 11) is 1.67. The highest BCUT2D eigenvalue weighted by atomic mass is 16.5. The first-order valence-corrected chi connectivity index (χ1v) is 6.49. The third-order valence-electron chi connectivity index (χ3n) is 3.58. The Hall–Kier alpha value is -1.71. The SMILES string of the molecule is CCC(CC)Cn1c(N)nc2ccc(OC)cc21. The van der Waals surface area contributed by atoms with E-state index >= 15 is 0 Å². The lowest BCUT2D eigenvalue weighted by atomic mass is 10.0. The summed E-state index contributed by atoms with van der Waals surface area (Å²) in [5.74, 6) is 2.06. The van der Waals surface area contributed by atoms with Crippen molar-refractivity contribution in [2.45, 2.75) is 33.2 Å². The van der Waals surface area contributed by atoms with Gasteiger partial charge in [0.25, 0.3) is 0 Å². The number of rotatable bonds is 5. The third-order valence-corrected chi connectivity index (χ3v) is 3.58. The largest absolute Gasteiger partial charge is 0.497 e. The molecule has 0 amide bonds. The molecule has 0 atom stereocenters. The number of aromatic nitrogens is 2. The first kappa shape index (κ1) is 12.7. The Morgan fingerprint density at radius 3 is 2.67 bits per heavy atom. The molecule has 0 aliphatic rings. The van der Waals surface area contributed by atoms with Crippen LogP contribution in [-0.2, 0) is 6.54 Å². The smallest absolute Gasteiger partial charge is 0.201 e. The molecular weight excluding hydrogens is 226 g/mol. The van der Waals surface area contributed by atoms with E-state index in [1.807, 2.05) is 18.2 Å². The average Bonchev–Trinajstić information content (AvgIpc) is 2.70. The van der Waals surface area contributed by atoms with E-state index in [9.17, 15) is 0 Å². The summed E-state index contributed by atoms with van der Waals surface area (Å²) in [5.41, 5.74) is 8.00. The van der Waals surface area contributed by atoms with E-state index in [4.69, 9.17) is 10.5 Å². The van der Waals surface area contributed by atoms with Crippen LogP contribution >= 0.6 is 0 Å². The normalized spacial score (nSPS) is 11.3. The van der Waals surface area contributed by atoms with E-state index in [1.54, 1.807) is 7.11 Å². The van der Waals surface area contributed by atoms with E-state index in [2.05, 4.69) is 23.4 Å². The number of ether oxygens (including phenoxy) is 1. The third kappa shape index (κ3) is 2.28. The lowest BCUT2D eigenvalue weighted by Gasteiger charge is -2.15. The van der Waals surface area contributed by atoms with E-state index in [0.29, 0.717) is 11.9 Å². The zero-order chi connectivity index (χ0) is 13.1. The number of nitrogen functional groups attached to an aromatic ring is 1. The fourth-order valence-corrected chi connectivity index (χ4v) is 2.25. The number of imidazole rings is 1. The molecule has 2 rings (SSSR count). The van der Waals surface area contributed by atoms with Crippen molar-refractivity contribution in [1.82, 2.24) is 9.55 Å². The molecule has 1 heterocycles. The number of fused-ring (bicyclic) bond motifs is 1. The van der Waals surface area contributed by atoms with Crippen LogP contribution in [0.3, 0.4) is 0 Å². The van der Waals surface area contributed by atoms with Crippen LogP contribution in [0, 0.1) is 5.92 Å². The van der Waals surface area contributed by atoms with Gasteiger partial charge in [-0.05, 0) is 18.1 Å². The molecule has 0 saturated carbocycles. The minimum Gasteiger partial charge on any atom is -0.497 e. The second-order valence-corrected chi connectivity index (χ2v) is 4.62. The molecule has 2 N–H and O–H groups in total. The van der Waals surface area contributed by atoms with Crippen molar-refractivity contribution in [3.63, 3.8) is 0 Å². The number of nitrogens with zero attached hydrogens (tertiary/aromatic N) is 2. The quantitative estimate of drug-likeness (QED) is 0.883. The monoisotopic (exact) mass is 247 g/mol. The Morgan fingerprint density at radius 1 is 1.33 bits per heavy atom. The molecule has 0 aliphatic heterocycles. The number of methoxy groups -OCH3 is 1. The molecule has 18 heavy (non-hydrogen) atoms. The summed E-state index contributed by atoms with van der Waals surface area (Å²) < 4.78 is 7.36. The van der Waals surface area contributed by atoms with Gasteiger partial charge in [0.2, 0.25) is 5.95 Å². The molecule has 0 bridgehead atoms. The number of benzene rings is 1. The lowest BCUT2D eigenvalue weighted by molar-refractivity contribution is 0.413. The molecule has 98 valence electrons. The van der Waals surface area contributed by atoms with Crippen LogP contribution in [0.1, 0.15) is 26.7 Å². The molecule has 0 fully saturated rings. The second-order valence-electron chi connectivity index (χ2n) is 4.62. The van der Waals surface area contributed by atoms with Crippen LogP contribution in [0.25, 0.3) is 11.0 Å². The minimum atomic E-state index is 0.588. The molecule has 1 aromatic heterocycles. The maximum atomic E-state index is 6.01. The predicted molar refractivity (Wildman–Crippen MR) is 74.8 cm³/mol. The molecule has 4 heteroatoms. The molecule has 0 spiro atoms. The van der Waals surface area contributed by atoms with Gasteiger partial charge in [0.1, 0.15) is 5.75 Å². The highest BCUT2D eigenvalue weighted by molar-refractivity contribution is 5.79. The Morgan fingerprint density at radius 2 is 2.06 bits per heavy atom. The van der Waals surface area contributed by atoms with Crippen molar-refractivity contribution in [2.24, 2.45) is 5.92 Å². The van der Waals surface area contributed by atoms with Crippen molar-refractivity contribution >= 4 is 17.0 Å². The molecule has 0 saturated heterocycles. The van der Waals surface area contributed by atoms with Crippen molar-refractivity contribution < 1.29 is 4.74 Å². The van der Waals surface area contributed by atoms with Crippen molar-refractivity contribution in [1.29, 1.82) is 0 Å². The Labute approximate surface area is 108 Å². The highest BCUT2D eigenvalue weighted by Gasteiger charge is 2.12. The second kappa shape index (κ2) is 5.29. The molecule has 0 unspecified atom stereocenters. The van der Waals surface area contributed by atoms with Crippen molar-refractivity contribution in [3.8, 4) is 5.75 Å². The maximum absolute atomic E-state index is 6.01. The molecule has 2 aromatic rings. The van der Waals surface area contributed by atoms with Crippen LogP contribution in [0.5, 0.6) is 5.75 Å². The summed E-state index contributed by atoms with van der Waals surface area (Å²) in [6.07, 6.45) is 2.30. The minimum absolute atomic E-state index is 0.588. The topological polar surface area (TPSA) is 53.1 Å². The molecular formula is C14H21N3O. The van der Waals surface area contributed by atoms with Gasteiger partial charge in [-0.25, -0.2) is 4.98 Å². The van der Waals surface area contributed by atoms with Crippen LogP contribution in [0.2, 0.25) is 0 Å². The van der Waals surface area contributed by atoms with E-state index in [0.717, 1.165) is 36.2 Å². The zero-order valence-corrected chi connectivity index (χ0v) is 11.3. The summed E-state index contributed by atoms with van der Waals surface area (Å²) in [4.78, 5) is 4.40. The summed E-state index contributed by atoms with van der Waals surface area (Å²) in [6, 6.07) is 5.87. The molecule has 0 radical (unpaired) electrons. The summed E-state index contributed by atoms with van der Waals surface area (Å²) >= 11 is 0. The van der Waals surface area contributed by atoms with Crippen LogP contribution in [0.15, 0.2) is 18.2 Å². The fraction of sp³-hybridized carbons (Fsp3) is 0.500. The van der Waals surface area contributed by atoms with Gasteiger partial charge in [-0.15, -0.1) is 0 Å². The average molecular weight is 247 g/mol. The Bertz CT molecular complexity index is 529. The van der Waals surface area contributed by atoms with Gasteiger partial charge >= 0.3 is 0 Å². The predicted octanol–water partition coefficient (Wildman–Crippen LogP) is 3.06. The lowest BCUT2D eigenvalue weighted by Crippen LogP contribution is -2.11. The van der Waals surface area contributed by atoms with Crippen LogP contribution < -0.4 is 10.5 Å². The van der Waals surface area contributed by atoms with Crippen LogP contribution in [0.4, 0.5) is 5.95 Å². The van der Waals surface area contributed by atoms with Gasteiger partial charge in [-0.3, -0.25) is 0 Å². The number of nitrogens with two attached hydrogens (primary N) is 1. The van der Waals surface area contributed by atoms with Gasteiger partial charge in [0.15, 0.2) is 0 Å². The number of anilines is 1. The maximum Gasteiger partial charge on any atom is 0.201 e. The van der Waals surface area contributed by atoms with E-state index in [1.165, 1.54) is 0 Å². The van der Waals surface area contributed by atoms with E-state index < -0.39 is 0 Å². The first-order chi connectivity index (χ1) is 8.69. The zero-order valence-electron chi connectivity index (χ0n) is 11.3. The van der Waals surface area contributed by atoms with Gasteiger partial charge in [0.05, 0.1) is 18.1 Å². The molecule has 1 aromatic carbocycles. The Kier molecular flexibility index (Phi) is 3.75. The highest BCUT2D eigenvalue weighted by Crippen LogP contribution is 2.25. The van der Waals surface area contributed by atoms with Gasteiger partial charge < -0.3 is 15.0 Å². The number of hydrogen-bond acceptors (Lipinski definition) is 3. The van der Waals surface area contributed by atoms with Crippen LogP contribution in [-0.4, -0.2) is 16.7 Å². The molecule has 0 aliphatic carbocycles. The van der Waals surface area contributed by atoms with Gasteiger partial charge in [0, 0.05) is 12.6 Å². The van der Waals surface area contributed by atoms with Gasteiger partial charge in [-0.2, -0.15) is 0 Å². The summed E-state index contributed by atoms with van der Waals surface area (Å²) in [6.45, 7) is 5.34. The first-order valence-electron chi connectivity index (χ1n) is 6.49. The van der Waals surface area contributed by atoms with Crippen molar-refractivity contribution in [2.75, 3.05) is 12.8 Å². The standard InChI is InChI=1S/C14H21N3O/c1-4-10(5-2)9-17-13-8-11(18-3)6-7-12(13)16-14(17)15/h6-8,10H,4-5,9H2,1-3H3,(H2,15,16). The summed E-state index contributed by atoms with van der Waals surface area (Å²) in [5, 5.41) is 0. The van der Waals surface area contributed by atoms with Gasteiger partial charge in [-0.1, -0.05) is 26.7 Å². The fourth-order valence-electron chi connectivity index (χ4n) is 2.25. The van der Waals surface area contributed by atoms with E-state index in [-0.39, 0.29) is 0 Å².